The predicted molar refractivity (Wildman–Crippen MR) is 74.9 cm³/mol. The van der Waals surface area contributed by atoms with E-state index in [1.54, 1.807) is 31.4 Å². The first-order chi connectivity index (χ1) is 10.2. The molecule has 1 heterocycles. The van der Waals surface area contributed by atoms with Crippen LogP contribution in [0.3, 0.4) is 0 Å². The van der Waals surface area contributed by atoms with Crippen LogP contribution in [-0.4, -0.2) is 25.4 Å². The number of aliphatic hydroxyl groups is 1. The Morgan fingerprint density at radius 1 is 1.10 bits per heavy atom. The Kier molecular flexibility index (Phi) is 5.22. The van der Waals surface area contributed by atoms with Gasteiger partial charge in [0.25, 0.3) is 0 Å². The minimum atomic E-state index is -0.338. The molecule has 2 aromatic rings. The van der Waals surface area contributed by atoms with E-state index >= 15 is 0 Å². The average Bonchev–Trinajstić information content (AvgIpc) is 2.53. The van der Waals surface area contributed by atoms with Crippen molar-refractivity contribution in [3.8, 4) is 17.2 Å². The summed E-state index contributed by atoms with van der Waals surface area (Å²) in [6.07, 6.45) is 1.18. The summed E-state index contributed by atoms with van der Waals surface area (Å²) in [5, 5.41) is 8.83. The summed E-state index contributed by atoms with van der Waals surface area (Å²) in [5.41, 5.74) is -0.338. The van der Waals surface area contributed by atoms with Gasteiger partial charge in [-0.2, -0.15) is 0 Å². The molecule has 112 valence electrons. The third-order valence-corrected chi connectivity index (χ3v) is 2.68. The lowest BCUT2D eigenvalue weighted by molar-refractivity contribution is 0.207. The molecule has 0 unspecified atom stereocenters. The number of rotatable bonds is 7. The molecule has 6 nitrogen and oxygen atoms in total. The highest BCUT2D eigenvalue weighted by molar-refractivity contribution is 5.31. The van der Waals surface area contributed by atoms with Crippen molar-refractivity contribution < 1.29 is 23.7 Å². The van der Waals surface area contributed by atoms with E-state index in [2.05, 4.69) is 0 Å². The van der Waals surface area contributed by atoms with Crippen LogP contribution in [-0.2, 0) is 6.61 Å². The molecule has 0 aliphatic rings. The van der Waals surface area contributed by atoms with Crippen molar-refractivity contribution >= 4 is 0 Å². The fourth-order valence-corrected chi connectivity index (χ4v) is 1.61. The number of hydrogen-bond acceptors (Lipinski definition) is 6. The molecule has 0 aliphatic heterocycles. The topological polar surface area (TPSA) is 78.1 Å². The molecule has 0 fully saturated rings. The molecule has 6 heteroatoms. The van der Waals surface area contributed by atoms with Crippen molar-refractivity contribution in [2.45, 2.75) is 6.61 Å². The molecule has 0 saturated carbocycles. The van der Waals surface area contributed by atoms with Crippen LogP contribution >= 0.6 is 0 Å². The third-order valence-electron chi connectivity index (χ3n) is 2.68. The molecule has 0 saturated heterocycles. The maximum atomic E-state index is 11.6. The second-order valence-electron chi connectivity index (χ2n) is 4.11. The van der Waals surface area contributed by atoms with E-state index in [0.717, 1.165) is 5.75 Å². The second kappa shape index (κ2) is 7.35. The fourth-order valence-electron chi connectivity index (χ4n) is 1.61. The first-order valence-corrected chi connectivity index (χ1v) is 6.35. The van der Waals surface area contributed by atoms with Gasteiger partial charge in [0, 0.05) is 6.07 Å². The van der Waals surface area contributed by atoms with Gasteiger partial charge in [0.2, 0.25) is 11.2 Å². The van der Waals surface area contributed by atoms with Crippen molar-refractivity contribution in [1.82, 2.24) is 0 Å². The van der Waals surface area contributed by atoms with Crippen LogP contribution in [0.2, 0.25) is 0 Å². The van der Waals surface area contributed by atoms with Gasteiger partial charge in [-0.05, 0) is 24.3 Å². The lowest BCUT2D eigenvalue weighted by Gasteiger charge is -2.08. The zero-order valence-corrected chi connectivity index (χ0v) is 11.6. The first kappa shape index (κ1) is 14.9. The molecule has 0 atom stereocenters. The molecule has 1 N–H and O–H groups in total. The Morgan fingerprint density at radius 3 is 2.38 bits per heavy atom. The summed E-state index contributed by atoms with van der Waals surface area (Å²) in [5.74, 6) is 1.72. The molecule has 0 spiro atoms. The van der Waals surface area contributed by atoms with Crippen LogP contribution in [0.4, 0.5) is 0 Å². The molecule has 1 aromatic heterocycles. The number of ether oxygens (including phenoxy) is 3. The second-order valence-corrected chi connectivity index (χ2v) is 4.11. The van der Waals surface area contributed by atoms with E-state index in [-0.39, 0.29) is 36.8 Å². The van der Waals surface area contributed by atoms with Crippen molar-refractivity contribution in [3.05, 3.63) is 52.6 Å². The number of hydrogen-bond donors (Lipinski definition) is 1. The van der Waals surface area contributed by atoms with Gasteiger partial charge < -0.3 is 23.7 Å². The van der Waals surface area contributed by atoms with Gasteiger partial charge in [-0.15, -0.1) is 0 Å². The predicted octanol–water partition coefficient (Wildman–Crippen LogP) is 1.60. The monoisotopic (exact) mass is 292 g/mol. The SMILES string of the molecule is COc1ccc(OCCOc2coc(CO)cc2=O)cc1. The summed E-state index contributed by atoms with van der Waals surface area (Å²) in [6.45, 7) is 0.166. The summed E-state index contributed by atoms with van der Waals surface area (Å²) < 4.78 is 20.8. The molecule has 2 rings (SSSR count). The number of methoxy groups -OCH3 is 1. The van der Waals surface area contributed by atoms with E-state index < -0.39 is 0 Å². The molecular weight excluding hydrogens is 276 g/mol. The van der Waals surface area contributed by atoms with Gasteiger partial charge in [-0.3, -0.25) is 4.79 Å². The van der Waals surface area contributed by atoms with Gasteiger partial charge in [0.05, 0.1) is 7.11 Å². The van der Waals surface area contributed by atoms with E-state index in [9.17, 15) is 4.79 Å². The van der Waals surface area contributed by atoms with E-state index in [1.807, 2.05) is 0 Å². The summed E-state index contributed by atoms with van der Waals surface area (Å²) >= 11 is 0. The van der Waals surface area contributed by atoms with Crippen LogP contribution in [0.5, 0.6) is 17.2 Å². The average molecular weight is 292 g/mol. The smallest absolute Gasteiger partial charge is 0.227 e. The Bertz CT molecular complexity index is 617. The van der Waals surface area contributed by atoms with Crippen LogP contribution < -0.4 is 19.6 Å². The van der Waals surface area contributed by atoms with Crippen molar-refractivity contribution in [2.24, 2.45) is 0 Å². The normalized spacial score (nSPS) is 10.2. The molecular formula is C15H16O6. The van der Waals surface area contributed by atoms with E-state index in [1.165, 1.54) is 12.3 Å². The lowest BCUT2D eigenvalue weighted by atomic mass is 10.3. The fraction of sp³-hybridized carbons (Fsp3) is 0.267. The van der Waals surface area contributed by atoms with Crippen LogP contribution in [0.15, 0.2) is 45.8 Å². The Balaban J connectivity index is 1.80. The molecule has 0 amide bonds. The van der Waals surface area contributed by atoms with Gasteiger partial charge in [0.1, 0.15) is 43.3 Å². The number of benzene rings is 1. The van der Waals surface area contributed by atoms with Crippen molar-refractivity contribution in [3.63, 3.8) is 0 Å². The Morgan fingerprint density at radius 2 is 1.76 bits per heavy atom. The third kappa shape index (κ3) is 4.25. The molecule has 21 heavy (non-hydrogen) atoms. The zero-order chi connectivity index (χ0) is 15.1. The molecule has 0 bridgehead atoms. The molecule has 0 aliphatic carbocycles. The lowest BCUT2D eigenvalue weighted by Crippen LogP contribution is -2.14. The molecule has 1 aromatic carbocycles. The van der Waals surface area contributed by atoms with Crippen LogP contribution in [0.25, 0.3) is 0 Å². The van der Waals surface area contributed by atoms with Gasteiger partial charge in [-0.1, -0.05) is 0 Å². The number of aliphatic hydroxyl groups excluding tert-OH is 1. The minimum absolute atomic E-state index is 0.0885. The maximum absolute atomic E-state index is 11.6. The highest BCUT2D eigenvalue weighted by Gasteiger charge is 2.04. The highest BCUT2D eigenvalue weighted by Crippen LogP contribution is 2.16. The van der Waals surface area contributed by atoms with Crippen molar-refractivity contribution in [1.29, 1.82) is 0 Å². The summed E-state index contributed by atoms with van der Waals surface area (Å²) in [7, 11) is 1.59. The van der Waals surface area contributed by atoms with Crippen LogP contribution in [0, 0.1) is 0 Å². The maximum Gasteiger partial charge on any atom is 0.227 e. The van der Waals surface area contributed by atoms with Gasteiger partial charge >= 0.3 is 0 Å². The van der Waals surface area contributed by atoms with Crippen LogP contribution in [0.1, 0.15) is 5.76 Å². The van der Waals surface area contributed by atoms with Crippen molar-refractivity contribution in [2.75, 3.05) is 20.3 Å². The first-order valence-electron chi connectivity index (χ1n) is 6.35. The highest BCUT2D eigenvalue weighted by atomic mass is 16.5. The standard InChI is InChI=1S/C15H16O6/c1-18-11-2-4-12(5-3-11)19-6-7-20-15-10-21-13(9-16)8-14(15)17/h2-5,8,10,16H,6-7,9H2,1H3. The minimum Gasteiger partial charge on any atom is -0.497 e. The summed E-state index contributed by atoms with van der Waals surface area (Å²) in [6, 6.07) is 8.34. The Labute approximate surface area is 121 Å². The van der Waals surface area contributed by atoms with Gasteiger partial charge in [0.15, 0.2) is 0 Å². The summed E-state index contributed by atoms with van der Waals surface area (Å²) in [4.78, 5) is 11.6. The van der Waals surface area contributed by atoms with Gasteiger partial charge in [-0.25, -0.2) is 0 Å². The Hall–Kier alpha value is -2.47. The zero-order valence-electron chi connectivity index (χ0n) is 11.6. The van der Waals surface area contributed by atoms with E-state index in [0.29, 0.717) is 5.75 Å². The largest absolute Gasteiger partial charge is 0.497 e. The quantitative estimate of drug-likeness (QED) is 0.781. The molecule has 0 radical (unpaired) electrons. The van der Waals surface area contributed by atoms with E-state index in [4.69, 9.17) is 23.7 Å².